The fourth-order valence-corrected chi connectivity index (χ4v) is 3.18. The molecule has 4 aromatic carbocycles. The molecule has 130 valence electrons. The summed E-state index contributed by atoms with van der Waals surface area (Å²) in [6, 6.07) is 37.7. The third kappa shape index (κ3) is 3.99. The van der Waals surface area contributed by atoms with Crippen molar-refractivity contribution in [3.63, 3.8) is 0 Å². The fraction of sp³-hybridized carbons (Fsp3) is 0. The summed E-state index contributed by atoms with van der Waals surface area (Å²) in [6.07, 6.45) is 2.24. The van der Waals surface area contributed by atoms with E-state index in [0.29, 0.717) is 0 Å². The maximum atomic E-state index is 5.80. The molecular weight excluding hydrogens is 326 g/mol. The molecular formula is C26H21N. The van der Waals surface area contributed by atoms with E-state index in [4.69, 9.17) is 5.73 Å². The van der Waals surface area contributed by atoms with E-state index in [9.17, 15) is 0 Å². The molecule has 4 rings (SSSR count). The zero-order valence-electron chi connectivity index (χ0n) is 15.0. The highest BCUT2D eigenvalue weighted by molar-refractivity contribution is 5.91. The van der Waals surface area contributed by atoms with Crippen LogP contribution in [-0.2, 0) is 0 Å². The highest BCUT2D eigenvalue weighted by Crippen LogP contribution is 2.28. The second-order valence-corrected chi connectivity index (χ2v) is 6.53. The molecule has 0 bridgehead atoms. The zero-order valence-corrected chi connectivity index (χ0v) is 15.0. The molecule has 0 radical (unpaired) electrons. The fourth-order valence-electron chi connectivity index (χ4n) is 3.18. The van der Waals surface area contributed by atoms with Crippen molar-refractivity contribution in [2.24, 2.45) is 0 Å². The Hall–Kier alpha value is -3.58. The van der Waals surface area contributed by atoms with E-state index in [-0.39, 0.29) is 0 Å². The van der Waals surface area contributed by atoms with Gasteiger partial charge in [0.15, 0.2) is 0 Å². The molecule has 0 amide bonds. The summed E-state index contributed by atoms with van der Waals surface area (Å²) in [4.78, 5) is 0. The van der Waals surface area contributed by atoms with Gasteiger partial charge in [-0.15, -0.1) is 0 Å². The van der Waals surface area contributed by atoms with Gasteiger partial charge in [0.2, 0.25) is 0 Å². The second-order valence-electron chi connectivity index (χ2n) is 6.53. The van der Waals surface area contributed by atoms with Crippen molar-refractivity contribution < 1.29 is 0 Å². The van der Waals surface area contributed by atoms with Crippen molar-refractivity contribution in [2.45, 2.75) is 0 Å². The smallest absolute Gasteiger partial charge is 0.0314 e. The quantitative estimate of drug-likeness (QED) is 0.330. The molecule has 1 nitrogen and oxygen atoms in total. The van der Waals surface area contributed by atoms with Gasteiger partial charge in [0.25, 0.3) is 0 Å². The molecule has 2 N–H and O–H groups in total. The summed E-state index contributed by atoms with van der Waals surface area (Å²) in [5.74, 6) is 0. The Balaban J connectivity index is 1.74. The Labute approximate surface area is 160 Å². The van der Waals surface area contributed by atoms with Gasteiger partial charge in [-0.05, 0) is 51.6 Å². The summed E-state index contributed by atoms with van der Waals surface area (Å²) in [7, 11) is 0. The van der Waals surface area contributed by atoms with Gasteiger partial charge in [-0.1, -0.05) is 97.1 Å². The van der Waals surface area contributed by atoms with Crippen LogP contribution in [0.1, 0.15) is 16.7 Å². The van der Waals surface area contributed by atoms with Crippen LogP contribution in [0.2, 0.25) is 0 Å². The van der Waals surface area contributed by atoms with E-state index in [1.54, 1.807) is 0 Å². The van der Waals surface area contributed by atoms with Gasteiger partial charge in [-0.2, -0.15) is 0 Å². The molecule has 1 heteroatoms. The molecule has 27 heavy (non-hydrogen) atoms. The summed E-state index contributed by atoms with van der Waals surface area (Å²) in [5, 5.41) is 0. The van der Waals surface area contributed by atoms with Gasteiger partial charge in [0.05, 0.1) is 0 Å². The summed E-state index contributed by atoms with van der Waals surface area (Å²) < 4.78 is 0. The molecule has 0 atom stereocenters. The molecule has 0 aliphatic heterocycles. The number of hydrogen-bond acceptors (Lipinski definition) is 1. The van der Waals surface area contributed by atoms with Crippen molar-refractivity contribution in [3.8, 4) is 11.1 Å². The van der Waals surface area contributed by atoms with Crippen molar-refractivity contribution in [3.05, 3.63) is 126 Å². The molecule has 0 aromatic heterocycles. The van der Waals surface area contributed by atoms with E-state index in [1.807, 2.05) is 24.3 Å². The molecule has 0 saturated carbocycles. The molecule has 0 fully saturated rings. The minimum absolute atomic E-state index is 0.785. The molecule has 0 aliphatic rings. The number of nitrogen functional groups attached to an aromatic ring is 1. The van der Waals surface area contributed by atoms with Gasteiger partial charge in [-0.3, -0.25) is 0 Å². The molecule has 0 spiro atoms. The first kappa shape index (κ1) is 16.9. The van der Waals surface area contributed by atoms with Gasteiger partial charge in [0.1, 0.15) is 0 Å². The lowest BCUT2D eigenvalue weighted by molar-refractivity contribution is 1.54. The Morgan fingerprint density at radius 3 is 1.59 bits per heavy atom. The van der Waals surface area contributed by atoms with Crippen LogP contribution in [0.3, 0.4) is 0 Å². The van der Waals surface area contributed by atoms with Gasteiger partial charge >= 0.3 is 0 Å². The van der Waals surface area contributed by atoms with E-state index in [0.717, 1.165) is 5.69 Å². The Morgan fingerprint density at radius 2 is 1.00 bits per heavy atom. The molecule has 0 unspecified atom stereocenters. The average molecular weight is 347 g/mol. The topological polar surface area (TPSA) is 26.0 Å². The summed E-state index contributed by atoms with van der Waals surface area (Å²) in [6.45, 7) is 0. The zero-order chi connectivity index (χ0) is 18.5. The number of nitrogens with two attached hydrogens (primary N) is 1. The average Bonchev–Trinajstić information content (AvgIpc) is 2.74. The Morgan fingerprint density at radius 1 is 0.519 bits per heavy atom. The van der Waals surface area contributed by atoms with Gasteiger partial charge < -0.3 is 5.73 Å². The third-order valence-corrected chi connectivity index (χ3v) is 4.64. The van der Waals surface area contributed by atoms with Crippen LogP contribution >= 0.6 is 0 Å². The maximum absolute atomic E-state index is 5.80. The summed E-state index contributed by atoms with van der Waals surface area (Å²) >= 11 is 0. The lowest BCUT2D eigenvalue weighted by Crippen LogP contribution is -1.89. The number of rotatable bonds is 4. The highest BCUT2D eigenvalue weighted by atomic mass is 14.5. The van der Waals surface area contributed by atoms with Gasteiger partial charge in [-0.25, -0.2) is 0 Å². The first-order valence-electron chi connectivity index (χ1n) is 9.08. The minimum atomic E-state index is 0.785. The highest BCUT2D eigenvalue weighted by Gasteiger charge is 2.06. The lowest BCUT2D eigenvalue weighted by atomic mass is 9.94. The van der Waals surface area contributed by atoms with Gasteiger partial charge in [0, 0.05) is 5.69 Å². The first-order valence-corrected chi connectivity index (χ1v) is 9.08. The summed E-state index contributed by atoms with van der Waals surface area (Å²) in [5.41, 5.74) is 13.8. The largest absolute Gasteiger partial charge is 0.399 e. The van der Waals surface area contributed by atoms with E-state index in [1.165, 1.54) is 33.4 Å². The van der Waals surface area contributed by atoms with Crippen molar-refractivity contribution >= 4 is 17.3 Å². The standard InChI is InChI=1S/C26H21N/c27-25-17-15-22(16-18-25)21-11-13-24(14-12-21)26(23-9-5-2-6-10-23)19-20-7-3-1-4-8-20/h1-19H,27H2/b26-19-. The van der Waals surface area contributed by atoms with Crippen LogP contribution in [0.5, 0.6) is 0 Å². The number of hydrogen-bond donors (Lipinski definition) is 1. The minimum Gasteiger partial charge on any atom is -0.399 e. The van der Waals surface area contributed by atoms with Crippen LogP contribution in [0.25, 0.3) is 22.8 Å². The first-order chi connectivity index (χ1) is 13.3. The number of anilines is 1. The van der Waals surface area contributed by atoms with Crippen LogP contribution in [0.4, 0.5) is 5.69 Å². The number of benzene rings is 4. The Kier molecular flexibility index (Phi) is 4.84. The molecule has 0 saturated heterocycles. The Bertz CT molecular complexity index is 1030. The van der Waals surface area contributed by atoms with E-state index in [2.05, 4.69) is 91.0 Å². The maximum Gasteiger partial charge on any atom is 0.0314 e. The molecule has 0 aliphatic carbocycles. The van der Waals surface area contributed by atoms with Crippen molar-refractivity contribution in [2.75, 3.05) is 5.73 Å². The van der Waals surface area contributed by atoms with Crippen LogP contribution in [-0.4, -0.2) is 0 Å². The van der Waals surface area contributed by atoms with E-state index >= 15 is 0 Å². The molecule has 4 aromatic rings. The third-order valence-electron chi connectivity index (χ3n) is 4.64. The molecule has 0 heterocycles. The van der Waals surface area contributed by atoms with Crippen LogP contribution in [0.15, 0.2) is 109 Å². The van der Waals surface area contributed by atoms with Crippen LogP contribution in [0, 0.1) is 0 Å². The lowest BCUT2D eigenvalue weighted by Gasteiger charge is -2.11. The predicted octanol–water partition coefficient (Wildman–Crippen LogP) is 6.52. The van der Waals surface area contributed by atoms with E-state index < -0.39 is 0 Å². The van der Waals surface area contributed by atoms with Crippen molar-refractivity contribution in [1.82, 2.24) is 0 Å². The van der Waals surface area contributed by atoms with Crippen LogP contribution < -0.4 is 5.73 Å². The normalized spacial score (nSPS) is 11.3. The monoisotopic (exact) mass is 347 g/mol. The van der Waals surface area contributed by atoms with Crippen molar-refractivity contribution in [1.29, 1.82) is 0 Å². The predicted molar refractivity (Wildman–Crippen MR) is 116 cm³/mol. The SMILES string of the molecule is Nc1ccc(-c2ccc(/C(=C\c3ccccc3)c3ccccc3)cc2)cc1. The second kappa shape index (κ2) is 7.76.